The molecule has 0 aromatic carbocycles. The molecule has 0 N–H and O–H groups in total. The lowest BCUT2D eigenvalue weighted by molar-refractivity contribution is -0.130. The molecule has 1 aliphatic rings. The highest BCUT2D eigenvalue weighted by molar-refractivity contribution is 6.27. The molecule has 0 aromatic heterocycles. The molecule has 13 heavy (non-hydrogen) atoms. The molecule has 76 valence electrons. The Morgan fingerprint density at radius 2 is 2.38 bits per heavy atom. The van der Waals surface area contributed by atoms with Crippen LogP contribution in [0.3, 0.4) is 0 Å². The topological polar surface area (TPSA) is 23.6 Å². The Kier molecular flexibility index (Phi) is 4.00. The van der Waals surface area contributed by atoms with Crippen molar-refractivity contribution in [3.63, 3.8) is 0 Å². The minimum Gasteiger partial charge on any atom is -0.338 e. The summed E-state index contributed by atoms with van der Waals surface area (Å²) in [5.74, 6) is 0.165. The lowest BCUT2D eigenvalue weighted by Gasteiger charge is -2.26. The van der Waals surface area contributed by atoms with Crippen LogP contribution in [0.4, 0.5) is 0 Å². The third kappa shape index (κ3) is 2.58. The molecule has 4 heteroatoms. The van der Waals surface area contributed by atoms with Crippen molar-refractivity contribution in [2.45, 2.75) is 19.4 Å². The molecule has 0 radical (unpaired) electrons. The zero-order chi connectivity index (χ0) is 9.84. The average Bonchev–Trinajstić information content (AvgIpc) is 2.53. The second-order valence-electron chi connectivity index (χ2n) is 3.52. The Labute approximate surface area is 84.6 Å². The zero-order valence-corrected chi connectivity index (χ0v) is 9.05. The van der Waals surface area contributed by atoms with Crippen LogP contribution >= 0.6 is 11.6 Å². The van der Waals surface area contributed by atoms with Crippen molar-refractivity contribution in [2.75, 3.05) is 32.6 Å². The van der Waals surface area contributed by atoms with Crippen LogP contribution in [-0.4, -0.2) is 54.3 Å². The predicted molar refractivity (Wildman–Crippen MR) is 54.0 cm³/mol. The van der Waals surface area contributed by atoms with Gasteiger partial charge in [-0.2, -0.15) is 0 Å². The van der Waals surface area contributed by atoms with Gasteiger partial charge in [0.05, 0.1) is 0 Å². The maximum absolute atomic E-state index is 11.4. The summed E-state index contributed by atoms with van der Waals surface area (Å²) < 4.78 is 0. The molecule has 3 nitrogen and oxygen atoms in total. The van der Waals surface area contributed by atoms with Crippen molar-refractivity contribution in [1.82, 2.24) is 9.80 Å². The highest BCUT2D eigenvalue weighted by atomic mass is 35.5. The van der Waals surface area contributed by atoms with Crippen LogP contribution in [0, 0.1) is 0 Å². The Morgan fingerprint density at radius 1 is 1.69 bits per heavy atom. The molecule has 1 atom stereocenters. The molecule has 1 amide bonds. The SMILES string of the molecule is CCN(C(=O)CCl)C1CCN(C)C1. The summed E-state index contributed by atoms with van der Waals surface area (Å²) in [5.41, 5.74) is 0. The number of likely N-dealkylation sites (tertiary alicyclic amines) is 1. The van der Waals surface area contributed by atoms with Gasteiger partial charge in [-0.15, -0.1) is 11.6 Å². The van der Waals surface area contributed by atoms with E-state index in [1.54, 1.807) is 0 Å². The van der Waals surface area contributed by atoms with Gasteiger partial charge < -0.3 is 9.80 Å². The summed E-state index contributed by atoms with van der Waals surface area (Å²) in [4.78, 5) is 15.5. The molecular weight excluding hydrogens is 188 g/mol. The molecule has 0 bridgehead atoms. The number of amides is 1. The normalized spacial score (nSPS) is 23.5. The molecule has 0 saturated carbocycles. The lowest BCUT2D eigenvalue weighted by atomic mass is 10.2. The molecule has 1 saturated heterocycles. The van der Waals surface area contributed by atoms with E-state index in [0.717, 1.165) is 26.1 Å². The highest BCUT2D eigenvalue weighted by Crippen LogP contribution is 2.14. The third-order valence-electron chi connectivity index (χ3n) is 2.58. The Morgan fingerprint density at radius 3 is 2.77 bits per heavy atom. The Balaban J connectivity index is 2.51. The maximum atomic E-state index is 11.4. The molecule has 0 aliphatic carbocycles. The van der Waals surface area contributed by atoms with E-state index in [1.807, 2.05) is 11.8 Å². The minimum absolute atomic E-state index is 0.0597. The zero-order valence-electron chi connectivity index (χ0n) is 8.29. The van der Waals surface area contributed by atoms with Gasteiger partial charge in [0.25, 0.3) is 0 Å². The van der Waals surface area contributed by atoms with E-state index in [4.69, 9.17) is 11.6 Å². The number of rotatable bonds is 3. The molecular formula is C9H17ClN2O. The van der Waals surface area contributed by atoms with Crippen molar-refractivity contribution < 1.29 is 4.79 Å². The van der Waals surface area contributed by atoms with Gasteiger partial charge in [0.15, 0.2) is 0 Å². The van der Waals surface area contributed by atoms with E-state index in [2.05, 4.69) is 11.9 Å². The molecule has 1 rings (SSSR count). The monoisotopic (exact) mass is 204 g/mol. The van der Waals surface area contributed by atoms with Crippen LogP contribution in [0.2, 0.25) is 0 Å². The van der Waals surface area contributed by atoms with E-state index in [0.29, 0.717) is 6.04 Å². The molecule has 1 heterocycles. The summed E-state index contributed by atoms with van der Waals surface area (Å²) in [6, 6.07) is 0.376. The van der Waals surface area contributed by atoms with Crippen LogP contribution in [0.5, 0.6) is 0 Å². The molecule has 0 spiro atoms. The van der Waals surface area contributed by atoms with E-state index in [1.165, 1.54) is 0 Å². The second kappa shape index (κ2) is 4.82. The van der Waals surface area contributed by atoms with Crippen LogP contribution in [0.25, 0.3) is 0 Å². The Bertz CT molecular complexity index is 186. The average molecular weight is 205 g/mol. The fourth-order valence-electron chi connectivity index (χ4n) is 1.88. The van der Waals surface area contributed by atoms with E-state index in [9.17, 15) is 4.79 Å². The number of nitrogens with zero attached hydrogens (tertiary/aromatic N) is 2. The summed E-state index contributed by atoms with van der Waals surface area (Å²) in [7, 11) is 2.08. The third-order valence-corrected chi connectivity index (χ3v) is 2.81. The van der Waals surface area contributed by atoms with Gasteiger partial charge in [-0.3, -0.25) is 4.79 Å². The van der Waals surface area contributed by atoms with Gasteiger partial charge in [-0.05, 0) is 26.9 Å². The molecule has 1 aliphatic heterocycles. The van der Waals surface area contributed by atoms with Crippen molar-refractivity contribution in [1.29, 1.82) is 0 Å². The number of likely N-dealkylation sites (N-methyl/N-ethyl adjacent to an activating group) is 2. The number of hydrogen-bond donors (Lipinski definition) is 0. The van der Waals surface area contributed by atoms with E-state index >= 15 is 0 Å². The molecule has 1 fully saturated rings. The van der Waals surface area contributed by atoms with Crippen LogP contribution < -0.4 is 0 Å². The van der Waals surface area contributed by atoms with Gasteiger partial charge >= 0.3 is 0 Å². The fourth-order valence-corrected chi connectivity index (χ4v) is 2.03. The Hall–Kier alpha value is -0.280. The van der Waals surface area contributed by atoms with Gasteiger partial charge in [0, 0.05) is 19.1 Å². The minimum atomic E-state index is 0.0597. The van der Waals surface area contributed by atoms with E-state index in [-0.39, 0.29) is 11.8 Å². The van der Waals surface area contributed by atoms with Gasteiger partial charge in [0.1, 0.15) is 5.88 Å². The molecule has 0 aromatic rings. The first-order valence-electron chi connectivity index (χ1n) is 4.73. The quantitative estimate of drug-likeness (QED) is 0.635. The van der Waals surface area contributed by atoms with E-state index < -0.39 is 0 Å². The smallest absolute Gasteiger partial charge is 0.237 e. The number of carbonyl (C=O) groups is 1. The van der Waals surface area contributed by atoms with Crippen LogP contribution in [0.15, 0.2) is 0 Å². The maximum Gasteiger partial charge on any atom is 0.237 e. The lowest BCUT2D eigenvalue weighted by Crippen LogP contribution is -2.42. The highest BCUT2D eigenvalue weighted by Gasteiger charge is 2.27. The summed E-state index contributed by atoms with van der Waals surface area (Å²) in [6.07, 6.45) is 1.08. The van der Waals surface area contributed by atoms with Crippen molar-refractivity contribution in [2.24, 2.45) is 0 Å². The summed E-state index contributed by atoms with van der Waals surface area (Å²) in [6.45, 7) is 4.83. The largest absolute Gasteiger partial charge is 0.338 e. The van der Waals surface area contributed by atoms with Crippen molar-refractivity contribution >= 4 is 17.5 Å². The van der Waals surface area contributed by atoms with Gasteiger partial charge in [-0.25, -0.2) is 0 Å². The standard InChI is InChI=1S/C9H17ClN2O/c1-3-12(9(13)6-10)8-4-5-11(2)7-8/h8H,3-7H2,1-2H3. The summed E-state index contributed by atoms with van der Waals surface area (Å²) >= 11 is 5.54. The summed E-state index contributed by atoms with van der Waals surface area (Å²) in [5, 5.41) is 0. The predicted octanol–water partition coefficient (Wildman–Crippen LogP) is 0.778. The number of carbonyl (C=O) groups excluding carboxylic acids is 1. The van der Waals surface area contributed by atoms with Gasteiger partial charge in [-0.1, -0.05) is 0 Å². The first-order chi connectivity index (χ1) is 6.19. The van der Waals surface area contributed by atoms with Crippen LogP contribution in [-0.2, 0) is 4.79 Å². The first-order valence-corrected chi connectivity index (χ1v) is 5.26. The number of halogens is 1. The second-order valence-corrected chi connectivity index (χ2v) is 3.79. The number of alkyl halides is 1. The van der Waals surface area contributed by atoms with Crippen molar-refractivity contribution in [3.8, 4) is 0 Å². The van der Waals surface area contributed by atoms with Gasteiger partial charge in [0.2, 0.25) is 5.91 Å². The molecule has 1 unspecified atom stereocenters. The van der Waals surface area contributed by atoms with Crippen LogP contribution in [0.1, 0.15) is 13.3 Å². The van der Waals surface area contributed by atoms with Crippen molar-refractivity contribution in [3.05, 3.63) is 0 Å². The number of hydrogen-bond acceptors (Lipinski definition) is 2. The fraction of sp³-hybridized carbons (Fsp3) is 0.889. The first kappa shape index (κ1) is 10.8.